The van der Waals surface area contributed by atoms with E-state index in [1.165, 1.54) is 12.7 Å². The lowest BCUT2D eigenvalue weighted by Gasteiger charge is -2.15. The van der Waals surface area contributed by atoms with Gasteiger partial charge in [0.15, 0.2) is 5.96 Å². The Balaban J connectivity index is 0.00000420. The molecule has 1 heterocycles. The maximum atomic E-state index is 11.1. The Bertz CT molecular complexity index is 682. The Morgan fingerprint density at radius 3 is 2.76 bits per heavy atom. The van der Waals surface area contributed by atoms with E-state index in [4.69, 9.17) is 9.47 Å². The highest BCUT2D eigenvalue weighted by atomic mass is 127. The lowest BCUT2D eigenvalue weighted by Crippen LogP contribution is -2.37. The number of nitrogens with zero attached hydrogens (tertiary/aromatic N) is 1. The summed E-state index contributed by atoms with van der Waals surface area (Å²) < 4.78 is 16.3. The molecule has 29 heavy (non-hydrogen) atoms. The van der Waals surface area contributed by atoms with Gasteiger partial charge in [0.2, 0.25) is 0 Å². The molecule has 0 saturated heterocycles. The quantitative estimate of drug-likeness (QED) is 0.162. The first-order valence-corrected chi connectivity index (χ1v) is 10.0. The normalized spacial score (nSPS) is 15.0. The highest BCUT2D eigenvalue weighted by Gasteiger charge is 2.21. The van der Waals surface area contributed by atoms with E-state index < -0.39 is 0 Å². The van der Waals surface area contributed by atoms with Gasteiger partial charge in [-0.3, -0.25) is 9.79 Å². The molecule has 2 N–H and O–H groups in total. The van der Waals surface area contributed by atoms with E-state index in [2.05, 4.69) is 39.4 Å². The van der Waals surface area contributed by atoms with Crippen molar-refractivity contribution in [3.8, 4) is 11.5 Å². The average Bonchev–Trinajstić information content (AvgIpc) is 3.05. The number of unbranched alkanes of at least 4 members (excludes halogenated alkanes) is 2. The van der Waals surface area contributed by atoms with Gasteiger partial charge in [-0.25, -0.2) is 0 Å². The summed E-state index contributed by atoms with van der Waals surface area (Å²) in [6.45, 7) is 6.09. The molecule has 1 aromatic rings. The number of rotatable bonds is 10. The van der Waals surface area contributed by atoms with Gasteiger partial charge in [-0.15, -0.1) is 24.0 Å². The Labute approximate surface area is 191 Å². The summed E-state index contributed by atoms with van der Waals surface area (Å²) in [5, 5.41) is 6.64. The van der Waals surface area contributed by atoms with Crippen molar-refractivity contribution in [3.63, 3.8) is 0 Å². The van der Waals surface area contributed by atoms with Crippen LogP contribution in [0.15, 0.2) is 17.1 Å². The number of benzene rings is 1. The zero-order chi connectivity index (χ0) is 20.4. The SMILES string of the molecule is CCOc1cc2c(cc1CNC(=NC)NCCCCCC(=O)OC)OC(C)C2.I. The van der Waals surface area contributed by atoms with E-state index in [1.54, 1.807) is 7.05 Å². The molecule has 0 spiro atoms. The minimum absolute atomic E-state index is 0. The van der Waals surface area contributed by atoms with Gasteiger partial charge in [0.05, 0.1) is 13.7 Å². The highest BCUT2D eigenvalue weighted by Crippen LogP contribution is 2.35. The van der Waals surface area contributed by atoms with Crippen LogP contribution in [0, 0.1) is 0 Å². The predicted octanol–water partition coefficient (Wildman–Crippen LogP) is 3.43. The molecule has 0 aliphatic carbocycles. The zero-order valence-corrected chi connectivity index (χ0v) is 20.2. The first kappa shape index (κ1) is 25.3. The molecule has 1 aliphatic heterocycles. The highest BCUT2D eigenvalue weighted by molar-refractivity contribution is 14.0. The molecule has 7 nitrogen and oxygen atoms in total. The summed E-state index contributed by atoms with van der Waals surface area (Å²) in [5.41, 5.74) is 2.25. The third kappa shape index (κ3) is 8.28. The molecule has 164 valence electrons. The number of hydrogen-bond donors (Lipinski definition) is 2. The molecule has 0 aromatic heterocycles. The van der Waals surface area contributed by atoms with Gasteiger partial charge in [0.25, 0.3) is 0 Å². The molecule has 0 fully saturated rings. The van der Waals surface area contributed by atoms with E-state index in [0.29, 0.717) is 19.6 Å². The Morgan fingerprint density at radius 2 is 2.07 bits per heavy atom. The van der Waals surface area contributed by atoms with Gasteiger partial charge >= 0.3 is 5.97 Å². The molecule has 1 atom stereocenters. The Kier molecular flexibility index (Phi) is 11.8. The zero-order valence-electron chi connectivity index (χ0n) is 17.9. The van der Waals surface area contributed by atoms with E-state index in [-0.39, 0.29) is 36.0 Å². The fourth-order valence-electron chi connectivity index (χ4n) is 3.19. The fraction of sp³-hybridized carbons (Fsp3) is 0.619. The second kappa shape index (κ2) is 13.5. The molecule has 1 unspecified atom stereocenters. The van der Waals surface area contributed by atoms with Crippen LogP contribution < -0.4 is 20.1 Å². The van der Waals surface area contributed by atoms with Crippen LogP contribution in [0.4, 0.5) is 0 Å². The summed E-state index contributed by atoms with van der Waals surface area (Å²) >= 11 is 0. The van der Waals surface area contributed by atoms with E-state index in [9.17, 15) is 4.79 Å². The van der Waals surface area contributed by atoms with Crippen molar-refractivity contribution in [1.29, 1.82) is 0 Å². The van der Waals surface area contributed by atoms with Crippen molar-refractivity contribution in [2.75, 3.05) is 27.3 Å². The number of fused-ring (bicyclic) bond motifs is 1. The minimum Gasteiger partial charge on any atom is -0.494 e. The summed E-state index contributed by atoms with van der Waals surface area (Å²) in [6.07, 6.45) is 4.37. The predicted molar refractivity (Wildman–Crippen MR) is 126 cm³/mol. The summed E-state index contributed by atoms with van der Waals surface area (Å²) in [4.78, 5) is 15.4. The van der Waals surface area contributed by atoms with Crippen LogP contribution in [0.2, 0.25) is 0 Å². The molecule has 0 saturated carbocycles. The molecule has 0 amide bonds. The summed E-state index contributed by atoms with van der Waals surface area (Å²) in [5.74, 6) is 2.43. The number of guanidine groups is 1. The molecule has 2 rings (SSSR count). The maximum Gasteiger partial charge on any atom is 0.305 e. The number of carbonyl (C=O) groups is 1. The number of carbonyl (C=O) groups excluding carboxylic acids is 1. The molecule has 1 aromatic carbocycles. The first-order valence-electron chi connectivity index (χ1n) is 10.0. The van der Waals surface area contributed by atoms with Gasteiger partial charge in [-0.2, -0.15) is 0 Å². The largest absolute Gasteiger partial charge is 0.494 e. The maximum absolute atomic E-state index is 11.1. The Hall–Kier alpha value is -1.71. The molecular formula is C21H34IN3O4. The van der Waals surface area contributed by atoms with Gasteiger partial charge in [0, 0.05) is 44.1 Å². The van der Waals surface area contributed by atoms with Crippen molar-refractivity contribution in [3.05, 3.63) is 23.3 Å². The molecule has 8 heteroatoms. The smallest absolute Gasteiger partial charge is 0.305 e. The van der Waals surface area contributed by atoms with Crippen molar-refractivity contribution in [1.82, 2.24) is 10.6 Å². The van der Waals surface area contributed by atoms with Crippen LogP contribution in [-0.4, -0.2) is 45.3 Å². The molecule has 0 bridgehead atoms. The standard InChI is InChI=1S/C21H33N3O4.HI/c1-5-27-18-12-16-11-15(2)28-19(16)13-17(18)14-24-21(22-3)23-10-8-6-7-9-20(25)26-4;/h12-13,15H,5-11,14H2,1-4H3,(H2,22,23,24);1H. The number of esters is 1. The third-order valence-electron chi connectivity index (χ3n) is 4.63. The van der Waals surface area contributed by atoms with Gasteiger partial charge < -0.3 is 24.8 Å². The second-order valence-electron chi connectivity index (χ2n) is 6.87. The van der Waals surface area contributed by atoms with E-state index >= 15 is 0 Å². The average molecular weight is 519 g/mol. The number of ether oxygens (including phenoxy) is 3. The Morgan fingerprint density at radius 1 is 1.28 bits per heavy atom. The van der Waals surface area contributed by atoms with Crippen molar-refractivity contribution in [2.24, 2.45) is 4.99 Å². The van der Waals surface area contributed by atoms with Crippen LogP contribution in [0.25, 0.3) is 0 Å². The second-order valence-corrected chi connectivity index (χ2v) is 6.87. The number of hydrogen-bond acceptors (Lipinski definition) is 5. The van der Waals surface area contributed by atoms with Gasteiger partial charge in [-0.1, -0.05) is 6.42 Å². The number of halogens is 1. The molecule has 1 aliphatic rings. The van der Waals surface area contributed by atoms with Crippen molar-refractivity contribution < 1.29 is 19.0 Å². The topological polar surface area (TPSA) is 81.2 Å². The summed E-state index contributed by atoms with van der Waals surface area (Å²) in [6, 6.07) is 4.16. The first-order chi connectivity index (χ1) is 13.6. The van der Waals surface area contributed by atoms with Crippen LogP contribution in [0.5, 0.6) is 11.5 Å². The van der Waals surface area contributed by atoms with Crippen molar-refractivity contribution in [2.45, 2.75) is 58.6 Å². The van der Waals surface area contributed by atoms with Crippen LogP contribution in [-0.2, 0) is 22.5 Å². The van der Waals surface area contributed by atoms with Crippen LogP contribution in [0.1, 0.15) is 50.7 Å². The lowest BCUT2D eigenvalue weighted by molar-refractivity contribution is -0.140. The minimum atomic E-state index is -0.150. The lowest BCUT2D eigenvalue weighted by atomic mass is 10.1. The monoisotopic (exact) mass is 519 g/mol. The van der Waals surface area contributed by atoms with Crippen molar-refractivity contribution >= 4 is 35.9 Å². The number of aliphatic imine (C=N–C) groups is 1. The van der Waals surface area contributed by atoms with Crippen LogP contribution >= 0.6 is 24.0 Å². The van der Waals surface area contributed by atoms with E-state index in [0.717, 1.165) is 55.3 Å². The fourth-order valence-corrected chi connectivity index (χ4v) is 3.19. The molecular weight excluding hydrogens is 485 g/mol. The third-order valence-corrected chi connectivity index (χ3v) is 4.63. The molecule has 0 radical (unpaired) electrons. The number of methoxy groups -OCH3 is 1. The van der Waals surface area contributed by atoms with Gasteiger partial charge in [-0.05, 0) is 38.8 Å². The van der Waals surface area contributed by atoms with Crippen LogP contribution in [0.3, 0.4) is 0 Å². The summed E-state index contributed by atoms with van der Waals surface area (Å²) in [7, 11) is 3.17. The van der Waals surface area contributed by atoms with E-state index in [1.807, 2.05) is 6.92 Å². The number of nitrogens with one attached hydrogen (secondary N) is 2. The van der Waals surface area contributed by atoms with Gasteiger partial charge in [0.1, 0.15) is 17.6 Å².